The number of benzene rings is 1. The van der Waals surface area contributed by atoms with Crippen molar-refractivity contribution in [3.05, 3.63) is 35.4 Å². The van der Waals surface area contributed by atoms with Gasteiger partial charge in [0.25, 0.3) is 0 Å². The third-order valence-electron chi connectivity index (χ3n) is 5.56. The first kappa shape index (κ1) is 19.7. The number of carbonyl (C=O) groups excluding carboxylic acids is 2. The summed E-state index contributed by atoms with van der Waals surface area (Å²) in [4.78, 5) is 27.1. The molecule has 2 saturated heterocycles. The van der Waals surface area contributed by atoms with E-state index >= 15 is 0 Å². The summed E-state index contributed by atoms with van der Waals surface area (Å²) in [6, 6.07) is 4.42. The molecule has 2 N–H and O–H groups in total. The number of nitrogens with zero attached hydrogens (tertiary/aromatic N) is 1. The van der Waals surface area contributed by atoms with Crippen molar-refractivity contribution in [2.45, 2.75) is 51.5 Å². The van der Waals surface area contributed by atoms with Crippen molar-refractivity contribution in [2.75, 3.05) is 13.1 Å². The Hall–Kier alpha value is -2.09. The first-order valence-corrected chi connectivity index (χ1v) is 9.10. The molecule has 0 bridgehead atoms. The first-order valence-electron chi connectivity index (χ1n) is 9.10. The summed E-state index contributed by atoms with van der Waals surface area (Å²) < 4.78 is 37.8. The van der Waals surface area contributed by atoms with Gasteiger partial charge in [0.2, 0.25) is 11.8 Å². The number of carbonyl (C=O) groups is 2. The van der Waals surface area contributed by atoms with Crippen LogP contribution >= 0.6 is 0 Å². The van der Waals surface area contributed by atoms with Crippen molar-refractivity contribution in [3.8, 4) is 0 Å². The normalized spacial score (nSPS) is 26.0. The number of rotatable bonds is 4. The highest BCUT2D eigenvalue weighted by atomic mass is 19.4. The smallest absolute Gasteiger partial charge is 0.350 e. The molecule has 0 unspecified atom stereocenters. The maximum absolute atomic E-state index is 12.6. The van der Waals surface area contributed by atoms with Crippen molar-refractivity contribution in [3.63, 3.8) is 0 Å². The molecule has 148 valence electrons. The van der Waals surface area contributed by atoms with Crippen LogP contribution in [0.2, 0.25) is 0 Å². The molecule has 2 aliphatic heterocycles. The van der Waals surface area contributed by atoms with Gasteiger partial charge in [-0.15, -0.1) is 0 Å². The van der Waals surface area contributed by atoms with Crippen LogP contribution in [0.4, 0.5) is 13.2 Å². The van der Waals surface area contributed by atoms with E-state index in [-0.39, 0.29) is 18.4 Å². The van der Waals surface area contributed by atoms with Gasteiger partial charge in [-0.2, -0.15) is 13.2 Å². The van der Waals surface area contributed by atoms with Crippen molar-refractivity contribution in [1.82, 2.24) is 15.5 Å². The quantitative estimate of drug-likeness (QED) is 0.839. The van der Waals surface area contributed by atoms with Crippen LogP contribution in [0.5, 0.6) is 0 Å². The first-order chi connectivity index (χ1) is 12.6. The van der Waals surface area contributed by atoms with E-state index in [9.17, 15) is 22.8 Å². The Morgan fingerprint density at radius 1 is 1.33 bits per heavy atom. The van der Waals surface area contributed by atoms with Gasteiger partial charge in [0.05, 0.1) is 11.0 Å². The molecule has 0 radical (unpaired) electrons. The van der Waals surface area contributed by atoms with Crippen LogP contribution in [-0.4, -0.2) is 41.9 Å². The Morgan fingerprint density at radius 2 is 2.00 bits per heavy atom. The highest BCUT2D eigenvalue weighted by Gasteiger charge is 2.52. The Labute approximate surface area is 156 Å². The second-order valence-electron chi connectivity index (χ2n) is 7.74. The van der Waals surface area contributed by atoms with Gasteiger partial charge in [-0.05, 0) is 50.9 Å². The van der Waals surface area contributed by atoms with E-state index in [1.807, 2.05) is 0 Å². The molecular weight excluding hydrogens is 359 g/mol. The second-order valence-corrected chi connectivity index (χ2v) is 7.74. The number of halogens is 3. The molecule has 0 aromatic heterocycles. The lowest BCUT2D eigenvalue weighted by Gasteiger charge is -2.23. The topological polar surface area (TPSA) is 61.4 Å². The van der Waals surface area contributed by atoms with E-state index in [0.29, 0.717) is 24.6 Å². The van der Waals surface area contributed by atoms with E-state index < -0.39 is 23.2 Å². The Morgan fingerprint density at radius 3 is 2.56 bits per heavy atom. The van der Waals surface area contributed by atoms with Crippen LogP contribution < -0.4 is 10.6 Å². The Bertz CT molecular complexity index is 718. The molecule has 1 aromatic rings. The van der Waals surface area contributed by atoms with Crippen LogP contribution in [0.25, 0.3) is 0 Å². The largest absolute Gasteiger partial charge is 0.416 e. The average molecular weight is 383 g/mol. The van der Waals surface area contributed by atoms with Gasteiger partial charge in [-0.1, -0.05) is 12.1 Å². The van der Waals surface area contributed by atoms with Crippen LogP contribution in [0.15, 0.2) is 24.3 Å². The lowest BCUT2D eigenvalue weighted by molar-refractivity contribution is -0.137. The van der Waals surface area contributed by atoms with E-state index in [1.165, 1.54) is 12.1 Å². The summed E-state index contributed by atoms with van der Waals surface area (Å²) in [6.45, 7) is 5.78. The number of hydrogen-bond acceptors (Lipinski definition) is 3. The van der Waals surface area contributed by atoms with Gasteiger partial charge in [0.1, 0.15) is 6.04 Å². The van der Waals surface area contributed by atoms with Crippen LogP contribution in [0.3, 0.4) is 0 Å². The number of amides is 2. The highest BCUT2D eigenvalue weighted by molar-refractivity contribution is 5.94. The number of alkyl halides is 3. The zero-order valence-corrected chi connectivity index (χ0v) is 15.4. The van der Waals surface area contributed by atoms with E-state index in [0.717, 1.165) is 25.1 Å². The molecule has 2 atom stereocenters. The van der Waals surface area contributed by atoms with Crippen LogP contribution in [0, 0.1) is 5.41 Å². The third-order valence-corrected chi connectivity index (χ3v) is 5.56. The highest BCUT2D eigenvalue weighted by Crippen LogP contribution is 2.40. The maximum atomic E-state index is 12.6. The minimum absolute atomic E-state index is 0.0830. The molecule has 1 aromatic carbocycles. The second kappa shape index (κ2) is 7.14. The van der Waals surface area contributed by atoms with E-state index in [2.05, 4.69) is 29.4 Å². The molecule has 2 aliphatic rings. The summed E-state index contributed by atoms with van der Waals surface area (Å²) in [6.07, 6.45) is -3.19. The average Bonchev–Trinajstić information content (AvgIpc) is 3.17. The van der Waals surface area contributed by atoms with Crippen LogP contribution in [-0.2, 0) is 22.3 Å². The summed E-state index contributed by atoms with van der Waals surface area (Å²) in [5, 5.41) is 5.50. The van der Waals surface area contributed by atoms with Gasteiger partial charge in [-0.3, -0.25) is 14.5 Å². The zero-order chi connectivity index (χ0) is 19.8. The summed E-state index contributed by atoms with van der Waals surface area (Å²) in [5.74, 6) is -0.386. The fraction of sp³-hybridized carbons (Fsp3) is 0.579. The number of hydrogen-bond donors (Lipinski definition) is 2. The van der Waals surface area contributed by atoms with Gasteiger partial charge < -0.3 is 10.6 Å². The van der Waals surface area contributed by atoms with Gasteiger partial charge in [0.15, 0.2) is 0 Å². The standard InChI is InChI=1S/C19H24F3N3O2/c1-12(2)25-8-7-18(11-25)9-15(24-17(18)27)16(26)23-10-13-3-5-14(6-4-13)19(20,21)22/h3-6,12,15H,7-11H2,1-2H3,(H,23,26)(H,24,27)/t15-,18+/m0/s1. The van der Waals surface area contributed by atoms with Gasteiger partial charge >= 0.3 is 6.18 Å². The molecule has 27 heavy (non-hydrogen) atoms. The van der Waals surface area contributed by atoms with Crippen molar-refractivity contribution < 1.29 is 22.8 Å². The van der Waals surface area contributed by atoms with Gasteiger partial charge in [0, 0.05) is 19.1 Å². The molecular formula is C19H24F3N3O2. The molecule has 2 amide bonds. The Kier molecular flexibility index (Phi) is 5.20. The Balaban J connectivity index is 1.56. The maximum Gasteiger partial charge on any atom is 0.416 e. The SMILES string of the molecule is CC(C)N1CC[C@@]2(C[C@@H](C(=O)NCc3ccc(C(F)(F)F)cc3)NC2=O)C1. The predicted molar refractivity (Wildman–Crippen MR) is 93.6 cm³/mol. The molecule has 5 nitrogen and oxygen atoms in total. The number of likely N-dealkylation sites (tertiary alicyclic amines) is 1. The van der Waals surface area contributed by atoms with Crippen LogP contribution in [0.1, 0.15) is 37.8 Å². The number of nitrogens with one attached hydrogen (secondary N) is 2. The molecule has 2 fully saturated rings. The molecule has 1 spiro atoms. The third kappa shape index (κ3) is 4.10. The fourth-order valence-corrected chi connectivity index (χ4v) is 3.83. The molecule has 3 rings (SSSR count). The minimum atomic E-state index is -4.38. The molecule has 0 saturated carbocycles. The minimum Gasteiger partial charge on any atom is -0.350 e. The lowest BCUT2D eigenvalue weighted by atomic mass is 9.84. The van der Waals surface area contributed by atoms with E-state index in [4.69, 9.17) is 0 Å². The van der Waals surface area contributed by atoms with Crippen molar-refractivity contribution in [2.24, 2.45) is 5.41 Å². The summed E-state index contributed by atoms with van der Waals surface area (Å²) >= 11 is 0. The van der Waals surface area contributed by atoms with Crippen molar-refractivity contribution in [1.29, 1.82) is 0 Å². The summed E-state index contributed by atoms with van der Waals surface area (Å²) in [5.41, 5.74) is -0.665. The predicted octanol–water partition coefficient (Wildman–Crippen LogP) is 2.31. The zero-order valence-electron chi connectivity index (χ0n) is 15.4. The monoisotopic (exact) mass is 383 g/mol. The lowest BCUT2D eigenvalue weighted by Crippen LogP contribution is -2.41. The molecule has 0 aliphatic carbocycles. The summed E-state index contributed by atoms with van der Waals surface area (Å²) in [7, 11) is 0. The fourth-order valence-electron chi connectivity index (χ4n) is 3.83. The molecule has 2 heterocycles. The van der Waals surface area contributed by atoms with E-state index in [1.54, 1.807) is 0 Å². The van der Waals surface area contributed by atoms with Gasteiger partial charge in [-0.25, -0.2) is 0 Å². The molecule has 8 heteroatoms. The van der Waals surface area contributed by atoms with Crippen molar-refractivity contribution >= 4 is 11.8 Å².